The second-order valence-corrected chi connectivity index (χ2v) is 6.69. The molecule has 0 unspecified atom stereocenters. The normalized spacial score (nSPS) is 19.6. The monoisotopic (exact) mass is 285 g/mol. The lowest BCUT2D eigenvalue weighted by molar-refractivity contribution is 0.00578. The van der Waals surface area contributed by atoms with Crippen LogP contribution in [0, 0.1) is 26.2 Å². The number of hydrogen-bond donors (Lipinski definition) is 1. The third-order valence-electron chi connectivity index (χ3n) is 4.87. The smallest absolute Gasteiger partial charge is 0.399 e. The molecule has 4 heteroatoms. The maximum atomic E-state index is 6.14. The lowest BCUT2D eigenvalue weighted by Crippen LogP contribution is -2.41. The summed E-state index contributed by atoms with van der Waals surface area (Å²) in [6.45, 7) is 12.7. The summed E-state index contributed by atoms with van der Waals surface area (Å²) in [7, 11) is -0.409. The molecule has 1 saturated heterocycles. The first-order chi connectivity index (χ1) is 9.64. The van der Waals surface area contributed by atoms with Gasteiger partial charge in [0.25, 0.3) is 0 Å². The minimum Gasteiger partial charge on any atom is -0.399 e. The summed E-state index contributed by atoms with van der Waals surface area (Å²) in [6, 6.07) is 2.06. The molecule has 0 saturated carbocycles. The number of terminal acetylenes is 1. The Bertz CT molecular complexity index is 598. The van der Waals surface area contributed by atoms with Crippen molar-refractivity contribution in [2.75, 3.05) is 0 Å². The van der Waals surface area contributed by atoms with E-state index in [4.69, 9.17) is 21.5 Å². The molecular formula is C17H24BNO2. The van der Waals surface area contributed by atoms with Gasteiger partial charge in [0.1, 0.15) is 0 Å². The Balaban J connectivity index is 2.54. The highest BCUT2D eigenvalue weighted by atomic mass is 16.7. The standard InChI is InChI=1S/C17H24BNO2/c1-8-14-11(2)13(10-19)9-15(12(14)3)18-20-16(4,5)17(6,7)21-18/h1,9H,10,19H2,2-7H3. The van der Waals surface area contributed by atoms with Crippen LogP contribution in [-0.4, -0.2) is 18.3 Å². The third-order valence-corrected chi connectivity index (χ3v) is 4.87. The quantitative estimate of drug-likeness (QED) is 0.668. The second kappa shape index (κ2) is 5.17. The van der Waals surface area contributed by atoms with Crippen molar-refractivity contribution in [1.29, 1.82) is 0 Å². The van der Waals surface area contributed by atoms with Crippen LogP contribution in [0.2, 0.25) is 0 Å². The van der Waals surface area contributed by atoms with Crippen LogP contribution in [0.15, 0.2) is 6.07 Å². The lowest BCUT2D eigenvalue weighted by Gasteiger charge is -2.32. The van der Waals surface area contributed by atoms with Crippen LogP contribution in [0.4, 0.5) is 0 Å². The summed E-state index contributed by atoms with van der Waals surface area (Å²) in [5.41, 5.74) is 10.1. The van der Waals surface area contributed by atoms with Crippen molar-refractivity contribution in [2.45, 2.75) is 59.3 Å². The van der Waals surface area contributed by atoms with Crippen molar-refractivity contribution in [2.24, 2.45) is 5.73 Å². The zero-order valence-electron chi connectivity index (χ0n) is 13.8. The summed E-state index contributed by atoms with van der Waals surface area (Å²) in [5, 5.41) is 0. The molecule has 1 aliphatic heterocycles. The molecule has 2 rings (SSSR count). The van der Waals surface area contributed by atoms with Gasteiger partial charge in [0.05, 0.1) is 11.2 Å². The molecule has 2 N–H and O–H groups in total. The van der Waals surface area contributed by atoms with Crippen LogP contribution in [0.25, 0.3) is 0 Å². The van der Waals surface area contributed by atoms with Gasteiger partial charge in [0.15, 0.2) is 0 Å². The van der Waals surface area contributed by atoms with Gasteiger partial charge in [-0.2, -0.15) is 0 Å². The molecule has 1 aromatic carbocycles. The zero-order valence-corrected chi connectivity index (χ0v) is 13.8. The first-order valence-electron chi connectivity index (χ1n) is 7.30. The zero-order chi connectivity index (χ0) is 16.0. The molecule has 21 heavy (non-hydrogen) atoms. The summed E-state index contributed by atoms with van der Waals surface area (Å²) >= 11 is 0. The first-order valence-corrected chi connectivity index (χ1v) is 7.30. The van der Waals surface area contributed by atoms with Crippen molar-refractivity contribution < 1.29 is 9.31 Å². The van der Waals surface area contributed by atoms with Gasteiger partial charge >= 0.3 is 7.12 Å². The van der Waals surface area contributed by atoms with Gasteiger partial charge in [-0.3, -0.25) is 0 Å². The van der Waals surface area contributed by atoms with Crippen LogP contribution in [0.3, 0.4) is 0 Å². The fourth-order valence-electron chi connectivity index (χ4n) is 2.63. The van der Waals surface area contributed by atoms with E-state index in [2.05, 4.69) is 12.0 Å². The molecule has 0 aliphatic carbocycles. The molecule has 1 aliphatic rings. The van der Waals surface area contributed by atoms with E-state index in [1.54, 1.807) is 0 Å². The van der Waals surface area contributed by atoms with E-state index in [9.17, 15) is 0 Å². The van der Waals surface area contributed by atoms with Crippen LogP contribution in [-0.2, 0) is 15.9 Å². The van der Waals surface area contributed by atoms with Gasteiger partial charge in [-0.05, 0) is 63.7 Å². The summed E-state index contributed by atoms with van der Waals surface area (Å²) in [5.74, 6) is 2.78. The minimum absolute atomic E-state index is 0.367. The molecule has 1 fully saturated rings. The van der Waals surface area contributed by atoms with E-state index in [0.29, 0.717) is 6.54 Å². The highest BCUT2D eigenvalue weighted by Crippen LogP contribution is 2.37. The number of rotatable bonds is 2. The largest absolute Gasteiger partial charge is 0.495 e. The molecule has 1 heterocycles. The Morgan fingerprint density at radius 2 is 1.67 bits per heavy atom. The highest BCUT2D eigenvalue weighted by Gasteiger charge is 2.52. The molecule has 0 atom stereocenters. The van der Waals surface area contributed by atoms with Crippen LogP contribution >= 0.6 is 0 Å². The van der Waals surface area contributed by atoms with E-state index < -0.39 is 7.12 Å². The van der Waals surface area contributed by atoms with Crippen LogP contribution in [0.5, 0.6) is 0 Å². The number of hydrogen-bond acceptors (Lipinski definition) is 3. The van der Waals surface area contributed by atoms with Gasteiger partial charge in [-0.25, -0.2) is 0 Å². The van der Waals surface area contributed by atoms with E-state index in [-0.39, 0.29) is 11.2 Å². The summed E-state index contributed by atoms with van der Waals surface area (Å²) < 4.78 is 12.3. The second-order valence-electron chi connectivity index (χ2n) is 6.69. The van der Waals surface area contributed by atoms with Crippen molar-refractivity contribution in [3.63, 3.8) is 0 Å². The molecule has 112 valence electrons. The highest BCUT2D eigenvalue weighted by molar-refractivity contribution is 6.62. The molecule has 0 bridgehead atoms. The summed E-state index contributed by atoms with van der Waals surface area (Å²) in [4.78, 5) is 0. The average Bonchev–Trinajstić information content (AvgIpc) is 2.59. The molecular weight excluding hydrogens is 261 g/mol. The maximum Gasteiger partial charge on any atom is 0.495 e. The van der Waals surface area contributed by atoms with E-state index in [1.807, 2.05) is 41.5 Å². The Morgan fingerprint density at radius 1 is 1.14 bits per heavy atom. The van der Waals surface area contributed by atoms with Gasteiger partial charge in [-0.1, -0.05) is 12.0 Å². The molecule has 0 amide bonds. The first kappa shape index (κ1) is 16.1. The van der Waals surface area contributed by atoms with E-state index in [0.717, 1.165) is 27.7 Å². The van der Waals surface area contributed by atoms with Crippen molar-refractivity contribution >= 4 is 12.6 Å². The van der Waals surface area contributed by atoms with Gasteiger partial charge in [-0.15, -0.1) is 6.42 Å². The molecule has 0 radical (unpaired) electrons. The van der Waals surface area contributed by atoms with Gasteiger partial charge < -0.3 is 15.0 Å². The average molecular weight is 285 g/mol. The lowest BCUT2D eigenvalue weighted by atomic mass is 9.73. The summed E-state index contributed by atoms with van der Waals surface area (Å²) in [6.07, 6.45) is 5.68. The molecule has 3 nitrogen and oxygen atoms in total. The van der Waals surface area contributed by atoms with E-state index >= 15 is 0 Å². The fourth-order valence-corrected chi connectivity index (χ4v) is 2.63. The Morgan fingerprint density at radius 3 is 2.10 bits per heavy atom. The third kappa shape index (κ3) is 2.51. The topological polar surface area (TPSA) is 44.5 Å². The fraction of sp³-hybridized carbons (Fsp3) is 0.529. The predicted octanol–water partition coefficient (Wildman–Crippen LogP) is 2.04. The maximum absolute atomic E-state index is 6.14. The Labute approximate surface area is 128 Å². The molecule has 0 spiro atoms. The Kier molecular flexibility index (Phi) is 3.97. The predicted molar refractivity (Wildman–Crippen MR) is 87.5 cm³/mol. The van der Waals surface area contributed by atoms with Crippen molar-refractivity contribution in [3.05, 3.63) is 28.3 Å². The van der Waals surface area contributed by atoms with Crippen LogP contribution in [0.1, 0.15) is 49.9 Å². The van der Waals surface area contributed by atoms with E-state index in [1.165, 1.54) is 0 Å². The molecule has 1 aromatic rings. The minimum atomic E-state index is -0.409. The number of nitrogens with two attached hydrogens (primary N) is 1. The van der Waals surface area contributed by atoms with Crippen LogP contribution < -0.4 is 11.2 Å². The Hall–Kier alpha value is -1.28. The molecule has 0 aromatic heterocycles. The van der Waals surface area contributed by atoms with Gasteiger partial charge in [0, 0.05) is 12.1 Å². The SMILES string of the molecule is C#Cc1c(C)c(CN)cc(B2OC(C)(C)C(C)(C)O2)c1C. The van der Waals surface area contributed by atoms with Gasteiger partial charge in [0.2, 0.25) is 0 Å². The van der Waals surface area contributed by atoms with Crippen molar-refractivity contribution in [3.8, 4) is 12.3 Å². The number of benzene rings is 1. The van der Waals surface area contributed by atoms with Crippen molar-refractivity contribution in [1.82, 2.24) is 0 Å².